The number of rotatable bonds is 4. The molecule has 1 heterocycles. The minimum Gasteiger partial charge on any atom is -0.338 e. The van der Waals surface area contributed by atoms with E-state index in [1.165, 1.54) is 5.56 Å². The molecule has 0 saturated carbocycles. The van der Waals surface area contributed by atoms with Crippen molar-refractivity contribution in [3.63, 3.8) is 0 Å². The Labute approximate surface area is 132 Å². The zero-order chi connectivity index (χ0) is 16.1. The minimum atomic E-state index is -0.434. The number of benzene rings is 1. The van der Waals surface area contributed by atoms with Gasteiger partial charge in [-0.1, -0.05) is 26.0 Å². The van der Waals surface area contributed by atoms with Crippen LogP contribution in [0.2, 0.25) is 0 Å². The first-order valence-electron chi connectivity index (χ1n) is 8.03. The van der Waals surface area contributed by atoms with Gasteiger partial charge < -0.3 is 15.1 Å². The fourth-order valence-electron chi connectivity index (χ4n) is 2.65. The van der Waals surface area contributed by atoms with Crippen molar-refractivity contribution >= 4 is 17.6 Å². The molecule has 1 aliphatic rings. The summed E-state index contributed by atoms with van der Waals surface area (Å²) in [6.45, 7) is 7.63. The fourth-order valence-corrected chi connectivity index (χ4v) is 2.65. The van der Waals surface area contributed by atoms with Crippen molar-refractivity contribution in [3.8, 4) is 0 Å². The Morgan fingerprint density at radius 3 is 2.50 bits per heavy atom. The second-order valence-electron chi connectivity index (χ2n) is 5.61. The maximum atomic E-state index is 12.6. The van der Waals surface area contributed by atoms with Gasteiger partial charge in [0, 0.05) is 25.3 Å². The number of anilines is 1. The molecule has 1 aromatic rings. The van der Waals surface area contributed by atoms with E-state index in [1.807, 2.05) is 31.2 Å². The van der Waals surface area contributed by atoms with Gasteiger partial charge >= 0.3 is 6.03 Å². The molecule has 1 saturated heterocycles. The van der Waals surface area contributed by atoms with Gasteiger partial charge in [-0.15, -0.1) is 0 Å². The number of hydrogen-bond acceptors (Lipinski definition) is 2. The van der Waals surface area contributed by atoms with Crippen LogP contribution in [0.15, 0.2) is 24.3 Å². The Hall–Kier alpha value is -2.04. The SMILES string of the molecule is CCCNC(=O)N1CCN(c2ccc(CC)cc2)C(=O)[C@H]1C. The first kappa shape index (κ1) is 16.3. The van der Waals surface area contributed by atoms with Gasteiger partial charge in [0.15, 0.2) is 0 Å². The van der Waals surface area contributed by atoms with Gasteiger partial charge in [-0.25, -0.2) is 4.79 Å². The molecule has 1 aromatic carbocycles. The lowest BCUT2D eigenvalue weighted by Gasteiger charge is -2.39. The van der Waals surface area contributed by atoms with E-state index in [0.29, 0.717) is 19.6 Å². The summed E-state index contributed by atoms with van der Waals surface area (Å²) >= 11 is 0. The summed E-state index contributed by atoms with van der Waals surface area (Å²) in [5.74, 6) is -0.0258. The monoisotopic (exact) mass is 303 g/mol. The molecule has 0 radical (unpaired) electrons. The Kier molecular flexibility index (Phi) is 5.41. The summed E-state index contributed by atoms with van der Waals surface area (Å²) < 4.78 is 0. The van der Waals surface area contributed by atoms with Crippen molar-refractivity contribution in [1.29, 1.82) is 0 Å². The quantitative estimate of drug-likeness (QED) is 0.928. The molecule has 1 aliphatic heterocycles. The van der Waals surface area contributed by atoms with Crippen molar-refractivity contribution < 1.29 is 9.59 Å². The van der Waals surface area contributed by atoms with E-state index >= 15 is 0 Å². The first-order valence-corrected chi connectivity index (χ1v) is 8.03. The van der Waals surface area contributed by atoms with E-state index in [-0.39, 0.29) is 11.9 Å². The summed E-state index contributed by atoms with van der Waals surface area (Å²) in [6, 6.07) is 7.48. The third-order valence-corrected chi connectivity index (χ3v) is 4.10. The average molecular weight is 303 g/mol. The molecule has 0 aliphatic carbocycles. The number of nitrogens with zero attached hydrogens (tertiary/aromatic N) is 2. The normalized spacial score (nSPS) is 18.5. The number of aryl methyl sites for hydroxylation is 1. The highest BCUT2D eigenvalue weighted by atomic mass is 16.2. The lowest BCUT2D eigenvalue weighted by Crippen LogP contribution is -2.59. The standard InChI is InChI=1S/C17H25N3O2/c1-4-10-18-17(22)19-11-12-20(16(21)13(19)3)15-8-6-14(5-2)7-9-15/h6-9,13H,4-5,10-12H2,1-3H3,(H,18,22)/t13-/m1/s1. The fraction of sp³-hybridized carbons (Fsp3) is 0.529. The maximum absolute atomic E-state index is 12.6. The third-order valence-electron chi connectivity index (χ3n) is 4.10. The molecule has 5 heteroatoms. The Morgan fingerprint density at radius 1 is 1.23 bits per heavy atom. The van der Waals surface area contributed by atoms with Gasteiger partial charge in [-0.3, -0.25) is 4.79 Å². The van der Waals surface area contributed by atoms with Crippen LogP contribution in [-0.4, -0.2) is 42.5 Å². The Balaban J connectivity index is 2.06. The molecule has 0 unspecified atom stereocenters. The number of carbonyl (C=O) groups excluding carboxylic acids is 2. The second kappa shape index (κ2) is 7.29. The lowest BCUT2D eigenvalue weighted by atomic mass is 10.1. The highest BCUT2D eigenvalue weighted by Gasteiger charge is 2.34. The van der Waals surface area contributed by atoms with Gasteiger partial charge in [0.1, 0.15) is 6.04 Å². The van der Waals surface area contributed by atoms with E-state index in [4.69, 9.17) is 0 Å². The third kappa shape index (κ3) is 3.40. The molecular weight excluding hydrogens is 278 g/mol. The highest BCUT2D eigenvalue weighted by Crippen LogP contribution is 2.21. The summed E-state index contributed by atoms with van der Waals surface area (Å²) in [5, 5.41) is 2.84. The summed E-state index contributed by atoms with van der Waals surface area (Å²) in [5.41, 5.74) is 2.16. The van der Waals surface area contributed by atoms with E-state index < -0.39 is 6.04 Å². The largest absolute Gasteiger partial charge is 0.338 e. The molecule has 1 N–H and O–H groups in total. The van der Waals surface area contributed by atoms with Crippen LogP contribution < -0.4 is 10.2 Å². The minimum absolute atomic E-state index is 0.0258. The molecule has 1 atom stereocenters. The lowest BCUT2D eigenvalue weighted by molar-refractivity contribution is -0.124. The van der Waals surface area contributed by atoms with Crippen LogP contribution in [0.25, 0.3) is 0 Å². The molecular formula is C17H25N3O2. The number of amides is 3. The molecule has 3 amide bonds. The molecule has 0 aromatic heterocycles. The van der Waals surface area contributed by atoms with Crippen LogP contribution in [-0.2, 0) is 11.2 Å². The van der Waals surface area contributed by atoms with E-state index in [1.54, 1.807) is 16.7 Å². The maximum Gasteiger partial charge on any atom is 0.318 e. The number of hydrogen-bond donors (Lipinski definition) is 1. The van der Waals surface area contributed by atoms with Crippen molar-refractivity contribution in [2.45, 2.75) is 39.7 Å². The summed E-state index contributed by atoms with van der Waals surface area (Å²) in [6.07, 6.45) is 1.87. The van der Waals surface area contributed by atoms with Crippen LogP contribution in [0.4, 0.5) is 10.5 Å². The molecule has 0 spiro atoms. The van der Waals surface area contributed by atoms with E-state index in [2.05, 4.69) is 12.2 Å². The van der Waals surface area contributed by atoms with Crippen LogP contribution in [0.3, 0.4) is 0 Å². The van der Waals surface area contributed by atoms with Crippen molar-refractivity contribution in [1.82, 2.24) is 10.2 Å². The van der Waals surface area contributed by atoms with E-state index in [0.717, 1.165) is 18.5 Å². The summed E-state index contributed by atoms with van der Waals surface area (Å²) in [4.78, 5) is 28.0. The van der Waals surface area contributed by atoms with Crippen molar-refractivity contribution in [2.75, 3.05) is 24.5 Å². The molecule has 0 bridgehead atoms. The predicted octanol–water partition coefficient (Wildman–Crippen LogP) is 2.41. The number of carbonyl (C=O) groups is 2. The van der Waals surface area contributed by atoms with Crippen LogP contribution in [0.5, 0.6) is 0 Å². The predicted molar refractivity (Wildman–Crippen MR) is 88.0 cm³/mol. The van der Waals surface area contributed by atoms with Gasteiger partial charge in [-0.05, 0) is 37.5 Å². The van der Waals surface area contributed by atoms with Crippen LogP contribution >= 0.6 is 0 Å². The zero-order valence-corrected chi connectivity index (χ0v) is 13.6. The summed E-state index contributed by atoms with van der Waals surface area (Å²) in [7, 11) is 0. The van der Waals surface area contributed by atoms with E-state index in [9.17, 15) is 9.59 Å². The molecule has 120 valence electrons. The highest BCUT2D eigenvalue weighted by molar-refractivity contribution is 6.00. The Bertz CT molecular complexity index is 527. The van der Waals surface area contributed by atoms with Gasteiger partial charge in [0.05, 0.1) is 0 Å². The second-order valence-corrected chi connectivity index (χ2v) is 5.61. The van der Waals surface area contributed by atoms with Gasteiger partial charge in [0.25, 0.3) is 0 Å². The molecule has 2 rings (SSSR count). The van der Waals surface area contributed by atoms with Gasteiger partial charge in [0.2, 0.25) is 5.91 Å². The molecule has 1 fully saturated rings. The Morgan fingerprint density at radius 2 is 1.91 bits per heavy atom. The zero-order valence-electron chi connectivity index (χ0n) is 13.6. The topological polar surface area (TPSA) is 52.7 Å². The number of urea groups is 1. The van der Waals surface area contributed by atoms with Crippen LogP contribution in [0.1, 0.15) is 32.8 Å². The van der Waals surface area contributed by atoms with Crippen molar-refractivity contribution in [3.05, 3.63) is 29.8 Å². The van der Waals surface area contributed by atoms with Crippen LogP contribution in [0, 0.1) is 0 Å². The van der Waals surface area contributed by atoms with Crippen molar-refractivity contribution in [2.24, 2.45) is 0 Å². The molecule has 5 nitrogen and oxygen atoms in total. The first-order chi connectivity index (χ1) is 10.6. The molecule has 22 heavy (non-hydrogen) atoms. The number of piperazine rings is 1. The van der Waals surface area contributed by atoms with Gasteiger partial charge in [-0.2, -0.15) is 0 Å². The smallest absolute Gasteiger partial charge is 0.318 e. The number of nitrogens with one attached hydrogen (secondary N) is 1. The average Bonchev–Trinajstić information content (AvgIpc) is 2.55.